The Balaban J connectivity index is 2.41. The molecular weight excluding hydrogens is 228 g/mol. The Morgan fingerprint density at radius 2 is 2.33 bits per heavy atom. The smallest absolute Gasteiger partial charge is 0.246 e. The van der Waals surface area contributed by atoms with Crippen LogP contribution in [0.15, 0.2) is 0 Å². The molecule has 3 N–H and O–H groups in total. The van der Waals surface area contributed by atoms with E-state index in [-0.39, 0.29) is 24.2 Å². The highest BCUT2D eigenvalue weighted by molar-refractivity contribution is 5.77. The zero-order chi connectivity index (χ0) is 13.6. The number of nitrogens with one attached hydrogen (secondary N) is 1. The van der Waals surface area contributed by atoms with Crippen molar-refractivity contribution in [3.8, 4) is 0 Å². The molecule has 0 aromatic heterocycles. The van der Waals surface area contributed by atoms with E-state index in [0.717, 1.165) is 25.7 Å². The number of carbonyl (C=O) groups is 1. The Labute approximate surface area is 111 Å². The predicted molar refractivity (Wildman–Crippen MR) is 73.3 cm³/mol. The number of amides is 1. The standard InChI is InChI=1S/C14H28N2O2/c1-4-12(3)16-13(17)9-18-14(10-15)7-5-6-11(2)8-14/h11-12H,4-10,15H2,1-3H3,(H,16,17). The third-order valence-corrected chi connectivity index (χ3v) is 3.95. The highest BCUT2D eigenvalue weighted by Crippen LogP contribution is 2.34. The Kier molecular flexibility index (Phi) is 6.09. The van der Waals surface area contributed by atoms with Crippen molar-refractivity contribution in [3.63, 3.8) is 0 Å². The third-order valence-electron chi connectivity index (χ3n) is 3.95. The lowest BCUT2D eigenvalue weighted by Crippen LogP contribution is -2.47. The first-order valence-electron chi connectivity index (χ1n) is 7.14. The molecule has 0 aromatic carbocycles. The molecule has 1 rings (SSSR count). The van der Waals surface area contributed by atoms with Gasteiger partial charge in [-0.05, 0) is 32.1 Å². The monoisotopic (exact) mass is 256 g/mol. The number of carbonyl (C=O) groups excluding carboxylic acids is 1. The van der Waals surface area contributed by atoms with Crippen molar-refractivity contribution in [2.24, 2.45) is 11.7 Å². The van der Waals surface area contributed by atoms with E-state index in [9.17, 15) is 4.79 Å². The van der Waals surface area contributed by atoms with Crippen LogP contribution >= 0.6 is 0 Å². The first-order chi connectivity index (χ1) is 8.51. The minimum atomic E-state index is -0.273. The average molecular weight is 256 g/mol. The molecule has 1 aliphatic carbocycles. The van der Waals surface area contributed by atoms with Crippen molar-refractivity contribution in [2.45, 2.75) is 64.5 Å². The summed E-state index contributed by atoms with van der Waals surface area (Å²) in [4.78, 5) is 11.7. The highest BCUT2D eigenvalue weighted by atomic mass is 16.5. The fourth-order valence-corrected chi connectivity index (χ4v) is 2.62. The van der Waals surface area contributed by atoms with E-state index < -0.39 is 0 Å². The van der Waals surface area contributed by atoms with Crippen LogP contribution in [0.5, 0.6) is 0 Å². The third kappa shape index (κ3) is 4.58. The van der Waals surface area contributed by atoms with Gasteiger partial charge in [-0.3, -0.25) is 4.79 Å². The van der Waals surface area contributed by atoms with Crippen molar-refractivity contribution in [1.82, 2.24) is 5.32 Å². The summed E-state index contributed by atoms with van der Waals surface area (Å²) in [6.07, 6.45) is 5.27. The van der Waals surface area contributed by atoms with Crippen LogP contribution in [0.3, 0.4) is 0 Å². The lowest BCUT2D eigenvalue weighted by Gasteiger charge is -2.39. The Hall–Kier alpha value is -0.610. The average Bonchev–Trinajstić information content (AvgIpc) is 2.36. The Bertz CT molecular complexity index is 271. The summed E-state index contributed by atoms with van der Waals surface area (Å²) in [5.41, 5.74) is 5.58. The molecule has 18 heavy (non-hydrogen) atoms. The van der Waals surface area contributed by atoms with Gasteiger partial charge < -0.3 is 15.8 Å². The van der Waals surface area contributed by atoms with Gasteiger partial charge in [-0.2, -0.15) is 0 Å². The molecule has 0 radical (unpaired) electrons. The van der Waals surface area contributed by atoms with Gasteiger partial charge in [-0.25, -0.2) is 0 Å². The normalized spacial score (nSPS) is 29.9. The minimum Gasteiger partial charge on any atom is -0.364 e. The number of rotatable bonds is 6. The topological polar surface area (TPSA) is 64.3 Å². The summed E-state index contributed by atoms with van der Waals surface area (Å²) in [5.74, 6) is 0.607. The number of nitrogens with two attached hydrogens (primary N) is 1. The minimum absolute atomic E-state index is 0.0320. The van der Waals surface area contributed by atoms with E-state index in [0.29, 0.717) is 12.5 Å². The van der Waals surface area contributed by atoms with Crippen LogP contribution in [0.2, 0.25) is 0 Å². The molecule has 0 spiro atoms. The number of hydrogen-bond donors (Lipinski definition) is 2. The van der Waals surface area contributed by atoms with Gasteiger partial charge in [0.05, 0.1) is 5.60 Å². The van der Waals surface area contributed by atoms with Gasteiger partial charge in [0.2, 0.25) is 5.91 Å². The Morgan fingerprint density at radius 3 is 2.89 bits per heavy atom. The molecule has 1 saturated carbocycles. The van der Waals surface area contributed by atoms with Crippen LogP contribution in [0.1, 0.15) is 52.9 Å². The van der Waals surface area contributed by atoms with Crippen LogP contribution in [-0.4, -0.2) is 30.7 Å². The summed E-state index contributed by atoms with van der Waals surface area (Å²) in [6, 6.07) is 0.209. The predicted octanol–water partition coefficient (Wildman–Crippen LogP) is 1.83. The van der Waals surface area contributed by atoms with Crippen LogP contribution in [0.4, 0.5) is 0 Å². The summed E-state index contributed by atoms with van der Waals surface area (Å²) in [5, 5.41) is 2.92. The molecule has 1 aliphatic rings. The summed E-state index contributed by atoms with van der Waals surface area (Å²) < 4.78 is 5.86. The van der Waals surface area contributed by atoms with E-state index in [1.807, 2.05) is 6.92 Å². The number of ether oxygens (including phenoxy) is 1. The molecular formula is C14H28N2O2. The molecule has 1 fully saturated rings. The molecule has 0 aromatic rings. The van der Waals surface area contributed by atoms with Crippen LogP contribution in [-0.2, 0) is 9.53 Å². The highest BCUT2D eigenvalue weighted by Gasteiger charge is 2.35. The van der Waals surface area contributed by atoms with E-state index in [1.54, 1.807) is 0 Å². The van der Waals surface area contributed by atoms with Crippen molar-refractivity contribution >= 4 is 5.91 Å². The van der Waals surface area contributed by atoms with Crippen LogP contribution < -0.4 is 11.1 Å². The first-order valence-corrected chi connectivity index (χ1v) is 7.14. The second-order valence-corrected chi connectivity index (χ2v) is 5.75. The van der Waals surface area contributed by atoms with Gasteiger partial charge in [0.1, 0.15) is 6.61 Å². The quantitative estimate of drug-likeness (QED) is 0.762. The lowest BCUT2D eigenvalue weighted by molar-refractivity contribution is -0.137. The van der Waals surface area contributed by atoms with E-state index in [4.69, 9.17) is 10.5 Å². The molecule has 4 heteroatoms. The molecule has 1 amide bonds. The lowest BCUT2D eigenvalue weighted by atomic mass is 9.79. The molecule has 0 saturated heterocycles. The maximum absolute atomic E-state index is 11.7. The van der Waals surface area contributed by atoms with Gasteiger partial charge in [0.15, 0.2) is 0 Å². The van der Waals surface area contributed by atoms with E-state index in [1.165, 1.54) is 6.42 Å². The van der Waals surface area contributed by atoms with Crippen LogP contribution in [0, 0.1) is 5.92 Å². The molecule has 0 bridgehead atoms. The van der Waals surface area contributed by atoms with Gasteiger partial charge >= 0.3 is 0 Å². The zero-order valence-corrected chi connectivity index (χ0v) is 12.0. The van der Waals surface area contributed by atoms with Crippen molar-refractivity contribution < 1.29 is 9.53 Å². The van der Waals surface area contributed by atoms with E-state index >= 15 is 0 Å². The van der Waals surface area contributed by atoms with Gasteiger partial charge in [0.25, 0.3) is 0 Å². The molecule has 3 unspecified atom stereocenters. The fourth-order valence-electron chi connectivity index (χ4n) is 2.62. The summed E-state index contributed by atoms with van der Waals surface area (Å²) >= 11 is 0. The van der Waals surface area contributed by atoms with Crippen LogP contribution in [0.25, 0.3) is 0 Å². The molecule has 0 aliphatic heterocycles. The molecule has 106 valence electrons. The van der Waals surface area contributed by atoms with Crippen molar-refractivity contribution in [1.29, 1.82) is 0 Å². The van der Waals surface area contributed by atoms with Gasteiger partial charge in [-0.1, -0.05) is 26.7 Å². The first kappa shape index (κ1) is 15.4. The second-order valence-electron chi connectivity index (χ2n) is 5.75. The zero-order valence-electron chi connectivity index (χ0n) is 12.0. The fraction of sp³-hybridized carbons (Fsp3) is 0.929. The SMILES string of the molecule is CCC(C)NC(=O)COC1(CN)CCCC(C)C1. The summed E-state index contributed by atoms with van der Waals surface area (Å²) in [6.45, 7) is 6.92. The molecule has 0 heterocycles. The van der Waals surface area contributed by atoms with Gasteiger partial charge in [-0.15, -0.1) is 0 Å². The maximum atomic E-state index is 11.7. The van der Waals surface area contributed by atoms with E-state index in [2.05, 4.69) is 19.2 Å². The Morgan fingerprint density at radius 1 is 1.61 bits per heavy atom. The summed E-state index contributed by atoms with van der Waals surface area (Å²) in [7, 11) is 0. The maximum Gasteiger partial charge on any atom is 0.246 e. The molecule has 3 atom stereocenters. The molecule has 4 nitrogen and oxygen atoms in total. The number of hydrogen-bond acceptors (Lipinski definition) is 3. The van der Waals surface area contributed by atoms with Crippen molar-refractivity contribution in [2.75, 3.05) is 13.2 Å². The second kappa shape index (κ2) is 7.10. The van der Waals surface area contributed by atoms with Crippen molar-refractivity contribution in [3.05, 3.63) is 0 Å². The largest absolute Gasteiger partial charge is 0.364 e. The van der Waals surface area contributed by atoms with Gasteiger partial charge in [0, 0.05) is 12.6 Å².